The van der Waals surface area contributed by atoms with E-state index in [9.17, 15) is 0 Å². The normalized spacial score (nSPS) is 12.0. The van der Waals surface area contributed by atoms with E-state index in [1.54, 1.807) is 0 Å². The van der Waals surface area contributed by atoms with E-state index in [0.29, 0.717) is 0 Å². The molecule has 3 aromatic heterocycles. The summed E-state index contributed by atoms with van der Waals surface area (Å²) in [5.41, 5.74) is 10.3. The van der Waals surface area contributed by atoms with Crippen molar-refractivity contribution in [1.29, 1.82) is 0 Å². The monoisotopic (exact) mass is 591 g/mol. The molecule has 3 heteroatoms. The van der Waals surface area contributed by atoms with Crippen molar-refractivity contribution in [3.8, 4) is 27.9 Å². The Morgan fingerprint density at radius 3 is 2.13 bits per heavy atom. The van der Waals surface area contributed by atoms with Gasteiger partial charge in [-0.25, -0.2) is 0 Å². The third kappa shape index (κ3) is 3.68. The Morgan fingerprint density at radius 1 is 0.422 bits per heavy atom. The molecule has 2 nitrogen and oxygen atoms in total. The predicted molar refractivity (Wildman–Crippen MR) is 192 cm³/mol. The van der Waals surface area contributed by atoms with Crippen LogP contribution in [0.3, 0.4) is 0 Å². The van der Waals surface area contributed by atoms with Crippen LogP contribution in [0.15, 0.2) is 156 Å². The molecule has 0 spiro atoms. The van der Waals surface area contributed by atoms with E-state index in [-0.39, 0.29) is 0 Å². The Labute approximate surface area is 263 Å². The van der Waals surface area contributed by atoms with Crippen LogP contribution >= 0.6 is 11.3 Å². The summed E-state index contributed by atoms with van der Waals surface area (Å²) in [5, 5.41) is 7.42. The lowest BCUT2D eigenvalue weighted by atomic mass is 10.0. The standard InChI is InChI=1S/C42H25NOS/c1-2-9-26(10-3-1)27-18-21-38-35(23-27)31-11-4-6-15-37(31)43(38)29-19-22-40-36(25-29)33-20-17-28(24-41(33)45-40)30-13-8-14-34-32-12-5-7-16-39(32)44-42(30)34/h1-25H. The third-order valence-electron chi connectivity index (χ3n) is 9.21. The Morgan fingerprint density at radius 2 is 1.20 bits per heavy atom. The molecule has 3 heterocycles. The first-order chi connectivity index (χ1) is 22.3. The number of hydrogen-bond acceptors (Lipinski definition) is 2. The summed E-state index contributed by atoms with van der Waals surface area (Å²) in [5.74, 6) is 0. The number of furan rings is 1. The van der Waals surface area contributed by atoms with Crippen molar-refractivity contribution in [2.75, 3.05) is 0 Å². The summed E-state index contributed by atoms with van der Waals surface area (Å²) in [4.78, 5) is 0. The van der Waals surface area contributed by atoms with Crippen LogP contribution in [-0.4, -0.2) is 4.57 Å². The molecule has 10 aromatic rings. The Balaban J connectivity index is 1.14. The molecule has 0 saturated heterocycles. The highest BCUT2D eigenvalue weighted by molar-refractivity contribution is 7.25. The molecule has 0 radical (unpaired) electrons. The maximum absolute atomic E-state index is 6.37. The van der Waals surface area contributed by atoms with Gasteiger partial charge in [0.1, 0.15) is 11.2 Å². The number of aromatic nitrogens is 1. The lowest BCUT2D eigenvalue weighted by Gasteiger charge is -2.09. The molecule has 0 aliphatic carbocycles. The van der Waals surface area contributed by atoms with E-state index in [1.807, 2.05) is 23.5 Å². The second kappa shape index (κ2) is 9.43. The minimum absolute atomic E-state index is 0.928. The van der Waals surface area contributed by atoms with E-state index < -0.39 is 0 Å². The van der Waals surface area contributed by atoms with E-state index >= 15 is 0 Å². The molecule has 0 amide bonds. The first kappa shape index (κ1) is 24.8. The molecule has 0 unspecified atom stereocenters. The van der Waals surface area contributed by atoms with Gasteiger partial charge in [-0.2, -0.15) is 0 Å². The van der Waals surface area contributed by atoms with Gasteiger partial charge in [0.2, 0.25) is 0 Å². The second-order valence-electron chi connectivity index (χ2n) is 11.7. The van der Waals surface area contributed by atoms with Gasteiger partial charge in [-0.3, -0.25) is 0 Å². The molecule has 0 fully saturated rings. The maximum atomic E-state index is 6.37. The zero-order valence-corrected chi connectivity index (χ0v) is 25.0. The van der Waals surface area contributed by atoms with Crippen molar-refractivity contribution >= 4 is 75.3 Å². The van der Waals surface area contributed by atoms with E-state index in [0.717, 1.165) is 27.5 Å². The Hall–Kier alpha value is -5.64. The summed E-state index contributed by atoms with van der Waals surface area (Å²) >= 11 is 1.85. The van der Waals surface area contributed by atoms with Crippen LogP contribution in [0.25, 0.3) is 91.9 Å². The van der Waals surface area contributed by atoms with Gasteiger partial charge in [0.25, 0.3) is 0 Å². The Kier molecular flexibility index (Phi) is 5.19. The topological polar surface area (TPSA) is 18.1 Å². The first-order valence-electron chi connectivity index (χ1n) is 15.3. The molecule has 0 bridgehead atoms. The van der Waals surface area contributed by atoms with E-state index in [2.05, 4.69) is 144 Å². The fourth-order valence-electron chi connectivity index (χ4n) is 7.11. The van der Waals surface area contributed by atoms with Crippen LogP contribution in [0.5, 0.6) is 0 Å². The molecule has 0 aliphatic heterocycles. The van der Waals surface area contributed by atoms with Gasteiger partial charge in [-0.15, -0.1) is 11.3 Å². The summed E-state index contributed by atoms with van der Waals surface area (Å²) in [7, 11) is 0. The van der Waals surface area contributed by atoms with Gasteiger partial charge in [0.05, 0.1) is 11.0 Å². The van der Waals surface area contributed by atoms with E-state index in [1.165, 1.54) is 64.4 Å². The minimum Gasteiger partial charge on any atom is -0.455 e. The maximum Gasteiger partial charge on any atom is 0.143 e. The van der Waals surface area contributed by atoms with Crippen LogP contribution < -0.4 is 0 Å². The fraction of sp³-hybridized carbons (Fsp3) is 0. The average molecular weight is 592 g/mol. The van der Waals surface area contributed by atoms with Crippen LogP contribution in [-0.2, 0) is 0 Å². The zero-order valence-electron chi connectivity index (χ0n) is 24.2. The molecular weight excluding hydrogens is 567 g/mol. The molecule has 210 valence electrons. The zero-order chi connectivity index (χ0) is 29.5. The van der Waals surface area contributed by atoms with Gasteiger partial charge in [0, 0.05) is 53.0 Å². The lowest BCUT2D eigenvalue weighted by Crippen LogP contribution is -1.93. The molecule has 0 aliphatic rings. The lowest BCUT2D eigenvalue weighted by molar-refractivity contribution is 0.670. The minimum atomic E-state index is 0.928. The molecule has 0 N–H and O–H groups in total. The van der Waals surface area contributed by atoms with Crippen molar-refractivity contribution in [2.24, 2.45) is 0 Å². The molecule has 45 heavy (non-hydrogen) atoms. The molecule has 0 saturated carbocycles. The van der Waals surface area contributed by atoms with Gasteiger partial charge in [-0.05, 0) is 65.2 Å². The number of rotatable bonds is 3. The van der Waals surface area contributed by atoms with Gasteiger partial charge >= 0.3 is 0 Å². The van der Waals surface area contributed by atoms with Crippen molar-refractivity contribution in [3.05, 3.63) is 152 Å². The van der Waals surface area contributed by atoms with Crippen molar-refractivity contribution in [1.82, 2.24) is 4.57 Å². The number of fused-ring (bicyclic) bond motifs is 9. The number of benzene rings is 7. The SMILES string of the molecule is c1ccc(-c2ccc3c(c2)c2ccccc2n3-c2ccc3sc4cc(-c5cccc6c5oc5ccccc56)ccc4c3c2)cc1. The van der Waals surface area contributed by atoms with Crippen LogP contribution in [0.2, 0.25) is 0 Å². The first-order valence-corrected chi connectivity index (χ1v) is 16.1. The quantitative estimate of drug-likeness (QED) is 0.200. The fourth-order valence-corrected chi connectivity index (χ4v) is 8.23. The summed E-state index contributed by atoms with van der Waals surface area (Å²) in [6, 6.07) is 54.8. The van der Waals surface area contributed by atoms with Crippen LogP contribution in [0.4, 0.5) is 0 Å². The molecular formula is C42H25NOS. The van der Waals surface area contributed by atoms with Gasteiger partial charge in [-0.1, -0.05) is 103 Å². The molecule has 0 atom stereocenters. The number of para-hydroxylation sites is 3. The van der Waals surface area contributed by atoms with Crippen molar-refractivity contribution in [3.63, 3.8) is 0 Å². The summed E-state index contributed by atoms with van der Waals surface area (Å²) in [6.45, 7) is 0. The third-order valence-corrected chi connectivity index (χ3v) is 10.3. The number of thiophene rings is 1. The van der Waals surface area contributed by atoms with Gasteiger partial charge in [0.15, 0.2) is 0 Å². The Bertz CT molecular complexity index is 2760. The van der Waals surface area contributed by atoms with Crippen molar-refractivity contribution in [2.45, 2.75) is 0 Å². The van der Waals surface area contributed by atoms with E-state index in [4.69, 9.17) is 4.42 Å². The highest BCUT2D eigenvalue weighted by atomic mass is 32.1. The second-order valence-corrected chi connectivity index (χ2v) is 12.8. The molecule has 10 rings (SSSR count). The largest absolute Gasteiger partial charge is 0.455 e. The highest BCUT2D eigenvalue weighted by Crippen LogP contribution is 2.42. The van der Waals surface area contributed by atoms with Crippen LogP contribution in [0, 0.1) is 0 Å². The highest BCUT2D eigenvalue weighted by Gasteiger charge is 2.16. The number of nitrogens with zero attached hydrogens (tertiary/aromatic N) is 1. The number of hydrogen-bond donors (Lipinski definition) is 0. The smallest absolute Gasteiger partial charge is 0.143 e. The van der Waals surface area contributed by atoms with Crippen LogP contribution in [0.1, 0.15) is 0 Å². The summed E-state index contributed by atoms with van der Waals surface area (Å²) in [6.07, 6.45) is 0. The van der Waals surface area contributed by atoms with Crippen molar-refractivity contribution < 1.29 is 4.42 Å². The predicted octanol–water partition coefficient (Wildman–Crippen LogP) is 12.4. The average Bonchev–Trinajstić information content (AvgIpc) is 3.77. The summed E-state index contributed by atoms with van der Waals surface area (Å²) < 4.78 is 11.4. The van der Waals surface area contributed by atoms with Gasteiger partial charge < -0.3 is 8.98 Å². The molecule has 7 aromatic carbocycles.